The molecule has 39 heavy (non-hydrogen) atoms. The number of thioether (sulfide) groups is 2. The first-order chi connectivity index (χ1) is 17.6. The maximum Gasteiger partial charge on any atom is 0.352 e. The zero-order valence-corrected chi connectivity index (χ0v) is 28.6. The molecular formula is C20H20N6Na2O7S4. The number of fused-ring (bicyclic) bond motifs is 1. The molecule has 1 saturated heterocycles. The van der Waals surface area contributed by atoms with Gasteiger partial charge < -0.3 is 26.1 Å². The van der Waals surface area contributed by atoms with Gasteiger partial charge in [-0.3, -0.25) is 19.3 Å². The molecule has 2 aliphatic rings. The summed E-state index contributed by atoms with van der Waals surface area (Å²) < 4.78 is 0.617. The van der Waals surface area contributed by atoms with Crippen LogP contribution in [0.2, 0.25) is 0 Å². The van der Waals surface area contributed by atoms with E-state index >= 15 is 0 Å². The Morgan fingerprint density at radius 3 is 2.62 bits per heavy atom. The number of anilines is 1. The van der Waals surface area contributed by atoms with Gasteiger partial charge in [0.1, 0.15) is 29.9 Å². The fourth-order valence-corrected chi connectivity index (χ4v) is 7.87. The number of carbonyl (C=O) groups excluding carboxylic acids is 2. The maximum atomic E-state index is 13.0. The van der Waals surface area contributed by atoms with E-state index in [2.05, 4.69) is 20.4 Å². The predicted molar refractivity (Wildman–Crippen MR) is 150 cm³/mol. The van der Waals surface area contributed by atoms with Crippen molar-refractivity contribution in [2.24, 2.45) is 5.16 Å². The molecule has 0 unspecified atom stereocenters. The molecule has 2 aromatic rings. The van der Waals surface area contributed by atoms with Crippen LogP contribution in [-0.2, 0) is 30.4 Å². The molecule has 1 fully saturated rings. The first kappa shape index (κ1) is 34.1. The number of aryl methyl sites for hydroxylation is 1. The van der Waals surface area contributed by atoms with Crippen LogP contribution in [-0.4, -0.2) is 144 Å². The molecule has 0 bridgehead atoms. The van der Waals surface area contributed by atoms with Crippen LogP contribution in [0.4, 0.5) is 5.13 Å². The van der Waals surface area contributed by atoms with Gasteiger partial charge in [0.05, 0.1) is 12.1 Å². The van der Waals surface area contributed by atoms with Gasteiger partial charge in [-0.2, -0.15) is 0 Å². The number of amides is 2. The molecule has 198 valence electrons. The van der Waals surface area contributed by atoms with Crippen LogP contribution in [0, 0.1) is 6.92 Å². The molecule has 2 aliphatic heterocycles. The van der Waals surface area contributed by atoms with Gasteiger partial charge in [0.2, 0.25) is 0 Å². The third-order valence-electron chi connectivity index (χ3n) is 5.25. The summed E-state index contributed by atoms with van der Waals surface area (Å²) in [5, 5.41) is 26.3. The molecule has 0 aromatic carbocycles. The molecule has 2 radical (unpaired) electrons. The van der Waals surface area contributed by atoms with E-state index in [0.29, 0.717) is 26.2 Å². The number of β-lactam (4-membered cyclic amide) rings is 1. The molecule has 2 aromatic heterocycles. The van der Waals surface area contributed by atoms with Crippen molar-refractivity contribution < 1.29 is 34.2 Å². The third kappa shape index (κ3) is 7.58. The standard InChI is InChI=1S/C20H20N6O7S4.2Na/c1-7-10(3-11(27)28)37-20(22-7)36-5-8-4-34-17-13(16(30)26(17)14(8)18(31)32)24-15(29)12(25-33-2)9-6-35-19(21)23-9;;/h6,13,17H,3-5H2,1-2H3,(H2,21,23)(H,24,29)(H,27,28)(H,31,32);;/b25-12-;;/t13-,17-;;/m1../s1. The molecule has 4 rings (SSSR count). The number of hydrogen-bond acceptors (Lipinski definition) is 13. The zero-order valence-electron chi connectivity index (χ0n) is 21.3. The number of hydrogen-bond donors (Lipinski definition) is 4. The Hall–Kier alpha value is -1.15. The van der Waals surface area contributed by atoms with Gasteiger partial charge in [-0.25, -0.2) is 14.8 Å². The van der Waals surface area contributed by atoms with E-state index < -0.39 is 35.2 Å². The number of rotatable bonds is 10. The van der Waals surface area contributed by atoms with Gasteiger partial charge in [-0.1, -0.05) is 16.9 Å². The van der Waals surface area contributed by atoms with E-state index in [-0.39, 0.29) is 93.5 Å². The second kappa shape index (κ2) is 14.7. The van der Waals surface area contributed by atoms with E-state index in [1.165, 1.54) is 52.3 Å². The Labute approximate surface area is 283 Å². The number of carbonyl (C=O) groups is 4. The summed E-state index contributed by atoms with van der Waals surface area (Å²) in [6, 6.07) is -0.959. The molecular weight excluding hydrogens is 611 g/mol. The number of nitrogens with one attached hydrogen (secondary N) is 1. The fourth-order valence-electron chi connectivity index (χ4n) is 3.61. The van der Waals surface area contributed by atoms with E-state index in [4.69, 9.17) is 15.7 Å². The number of aliphatic carboxylic acids is 2. The van der Waals surface area contributed by atoms with E-state index in [0.717, 1.165) is 11.3 Å². The topological polar surface area (TPSA) is 197 Å². The average molecular weight is 631 g/mol. The first-order valence-electron chi connectivity index (χ1n) is 10.4. The molecule has 0 saturated carbocycles. The normalized spacial score (nSPS) is 18.4. The number of nitrogens with zero attached hydrogens (tertiary/aromatic N) is 4. The Kier molecular flexibility index (Phi) is 12.8. The van der Waals surface area contributed by atoms with Crippen molar-refractivity contribution in [1.82, 2.24) is 20.2 Å². The van der Waals surface area contributed by atoms with Gasteiger partial charge in [0.25, 0.3) is 11.8 Å². The van der Waals surface area contributed by atoms with Crippen LogP contribution >= 0.6 is 46.2 Å². The molecule has 2 atom stereocenters. The minimum Gasteiger partial charge on any atom is -0.481 e. The van der Waals surface area contributed by atoms with Crippen molar-refractivity contribution in [3.05, 3.63) is 32.9 Å². The summed E-state index contributed by atoms with van der Waals surface area (Å²) in [5.74, 6) is -2.89. The second-order valence-electron chi connectivity index (χ2n) is 7.66. The summed E-state index contributed by atoms with van der Waals surface area (Å²) in [4.78, 5) is 63.9. The number of aromatic nitrogens is 2. The Morgan fingerprint density at radius 1 is 1.31 bits per heavy atom. The number of carboxylic acids is 2. The predicted octanol–water partition coefficient (Wildman–Crippen LogP) is 0.237. The minimum absolute atomic E-state index is 0. The first-order valence-corrected chi connectivity index (χ1v) is 14.2. The van der Waals surface area contributed by atoms with Crippen molar-refractivity contribution in [1.29, 1.82) is 0 Å². The third-order valence-corrected chi connectivity index (χ3v) is 9.65. The molecule has 0 aliphatic carbocycles. The zero-order chi connectivity index (χ0) is 26.9. The minimum atomic E-state index is -1.25. The number of carboxylic acid groups (broad SMARTS) is 2. The van der Waals surface area contributed by atoms with Crippen molar-refractivity contribution >= 4 is 140 Å². The van der Waals surface area contributed by atoms with Crippen LogP contribution in [0.3, 0.4) is 0 Å². The number of nitrogen functional groups attached to an aromatic ring is 1. The Morgan fingerprint density at radius 2 is 2.03 bits per heavy atom. The van der Waals surface area contributed by atoms with Crippen molar-refractivity contribution in [3.63, 3.8) is 0 Å². The number of oxime groups is 1. The van der Waals surface area contributed by atoms with E-state index in [1.54, 1.807) is 6.92 Å². The molecule has 19 heteroatoms. The van der Waals surface area contributed by atoms with Crippen LogP contribution in [0.1, 0.15) is 16.3 Å². The molecule has 4 heterocycles. The smallest absolute Gasteiger partial charge is 0.352 e. The van der Waals surface area contributed by atoms with Gasteiger partial charge in [-0.15, -0.1) is 34.4 Å². The van der Waals surface area contributed by atoms with Crippen LogP contribution < -0.4 is 11.1 Å². The number of nitrogens with two attached hydrogens (primary N) is 1. The van der Waals surface area contributed by atoms with E-state index in [9.17, 15) is 24.3 Å². The van der Waals surface area contributed by atoms with E-state index in [1.807, 2.05) is 0 Å². The van der Waals surface area contributed by atoms with Crippen LogP contribution in [0.25, 0.3) is 0 Å². The summed E-state index contributed by atoms with van der Waals surface area (Å²) in [5.41, 5.74) is 6.70. The molecule has 13 nitrogen and oxygen atoms in total. The quantitative estimate of drug-likeness (QED) is 0.0919. The SMILES string of the molecule is CO/N=C(\C(=O)N[C@@H]1C(=O)N2C(C(=O)O)=C(CSc3nc(C)c(CC(=O)O)s3)CS[C@H]12)c1csc(N)n1.[Na].[Na]. The van der Waals surface area contributed by atoms with Crippen molar-refractivity contribution in [3.8, 4) is 0 Å². The molecule has 2 amide bonds. The van der Waals surface area contributed by atoms with Crippen molar-refractivity contribution in [2.75, 3.05) is 24.3 Å². The maximum absolute atomic E-state index is 13.0. The van der Waals surface area contributed by atoms with Gasteiger partial charge in [0, 0.05) is 80.9 Å². The largest absolute Gasteiger partial charge is 0.481 e. The number of thiazole rings is 2. The monoisotopic (exact) mass is 630 g/mol. The average Bonchev–Trinajstić information content (AvgIpc) is 3.42. The molecule has 0 spiro atoms. The van der Waals surface area contributed by atoms with Crippen LogP contribution in [0.5, 0.6) is 0 Å². The Balaban J connectivity index is 0.00000267. The van der Waals surface area contributed by atoms with Gasteiger partial charge in [-0.05, 0) is 12.5 Å². The summed E-state index contributed by atoms with van der Waals surface area (Å²) in [6.07, 6.45) is -0.132. The van der Waals surface area contributed by atoms with Gasteiger partial charge in [0.15, 0.2) is 15.2 Å². The van der Waals surface area contributed by atoms with Gasteiger partial charge >= 0.3 is 11.9 Å². The Bertz CT molecular complexity index is 1350. The summed E-state index contributed by atoms with van der Waals surface area (Å²) in [6.45, 7) is 1.72. The summed E-state index contributed by atoms with van der Waals surface area (Å²) >= 11 is 4.98. The van der Waals surface area contributed by atoms with Crippen molar-refractivity contribution in [2.45, 2.75) is 29.1 Å². The molecule has 5 N–H and O–H groups in total. The second-order valence-corrected chi connectivity index (χ2v) is 12.0. The summed E-state index contributed by atoms with van der Waals surface area (Å²) in [7, 11) is 1.26. The fraction of sp³-hybridized carbons (Fsp3) is 0.350. The van der Waals surface area contributed by atoms with Crippen LogP contribution in [0.15, 0.2) is 26.1 Å².